The van der Waals surface area contributed by atoms with Gasteiger partial charge in [0.05, 0.1) is 24.5 Å². The van der Waals surface area contributed by atoms with E-state index in [1.54, 1.807) is 12.3 Å². The number of ether oxygens (including phenoxy) is 1. The third-order valence-electron chi connectivity index (χ3n) is 3.83. The topological polar surface area (TPSA) is 124 Å². The summed E-state index contributed by atoms with van der Waals surface area (Å²) >= 11 is 1.23. The maximum Gasteiger partial charge on any atom is 0.317 e. The quantitative estimate of drug-likeness (QED) is 0.739. The van der Waals surface area contributed by atoms with Crippen molar-refractivity contribution >= 4 is 28.3 Å². The van der Waals surface area contributed by atoms with Crippen molar-refractivity contribution < 1.29 is 14.3 Å². The normalized spacial score (nSPS) is 15.0. The number of amides is 3. The molecule has 8 nitrogen and oxygen atoms in total. The van der Waals surface area contributed by atoms with Crippen molar-refractivity contribution in [1.82, 2.24) is 9.88 Å². The van der Waals surface area contributed by atoms with Gasteiger partial charge in [-0.15, -0.1) is 11.3 Å². The summed E-state index contributed by atoms with van der Waals surface area (Å²) in [6.45, 7) is 4.07. The number of nitrogens with two attached hydrogens (primary N) is 2. The average molecular weight is 361 g/mol. The van der Waals surface area contributed by atoms with Gasteiger partial charge in [-0.05, 0) is 12.1 Å². The Labute approximate surface area is 148 Å². The van der Waals surface area contributed by atoms with Crippen molar-refractivity contribution in [2.75, 3.05) is 31.6 Å². The molecular weight excluding hydrogens is 342 g/mol. The SMILES string of the molecule is NC(=O)Nc1sc(-c2ccc(CN3CCOCC3)nc2)cc1C(N)=O. The minimum Gasteiger partial charge on any atom is -0.379 e. The largest absolute Gasteiger partial charge is 0.379 e. The lowest BCUT2D eigenvalue weighted by atomic mass is 10.2. The second-order valence-corrected chi connectivity index (χ2v) is 6.69. The number of anilines is 1. The fraction of sp³-hybridized carbons (Fsp3) is 0.312. The highest BCUT2D eigenvalue weighted by Gasteiger charge is 2.16. The number of pyridine rings is 1. The van der Waals surface area contributed by atoms with E-state index in [0.29, 0.717) is 5.00 Å². The van der Waals surface area contributed by atoms with E-state index in [1.165, 1.54) is 11.3 Å². The zero-order chi connectivity index (χ0) is 17.8. The number of morpholine rings is 1. The highest BCUT2D eigenvalue weighted by atomic mass is 32.1. The van der Waals surface area contributed by atoms with Gasteiger partial charge in [-0.1, -0.05) is 6.07 Å². The van der Waals surface area contributed by atoms with Crippen LogP contribution in [0.2, 0.25) is 0 Å². The van der Waals surface area contributed by atoms with Crippen LogP contribution >= 0.6 is 11.3 Å². The Kier molecular flexibility index (Phi) is 5.27. The van der Waals surface area contributed by atoms with E-state index < -0.39 is 11.9 Å². The molecule has 1 fully saturated rings. The van der Waals surface area contributed by atoms with Gasteiger partial charge in [0, 0.05) is 36.3 Å². The van der Waals surface area contributed by atoms with E-state index >= 15 is 0 Å². The first-order valence-corrected chi connectivity index (χ1v) is 8.60. The second-order valence-electron chi connectivity index (χ2n) is 5.63. The predicted octanol–water partition coefficient (Wildman–Crippen LogP) is 1.23. The smallest absolute Gasteiger partial charge is 0.317 e. The van der Waals surface area contributed by atoms with Gasteiger partial charge in [-0.25, -0.2) is 4.79 Å². The van der Waals surface area contributed by atoms with Crippen LogP contribution in [0.25, 0.3) is 10.4 Å². The molecule has 5 N–H and O–H groups in total. The molecule has 2 aromatic heterocycles. The number of carbonyl (C=O) groups excluding carboxylic acids is 2. The van der Waals surface area contributed by atoms with Crippen molar-refractivity contribution in [2.24, 2.45) is 11.5 Å². The molecule has 1 aliphatic rings. The van der Waals surface area contributed by atoms with E-state index in [2.05, 4.69) is 15.2 Å². The molecule has 0 radical (unpaired) electrons. The summed E-state index contributed by atoms with van der Waals surface area (Å²) in [6, 6.07) is 4.79. The van der Waals surface area contributed by atoms with E-state index in [-0.39, 0.29) is 5.56 Å². The van der Waals surface area contributed by atoms with Gasteiger partial charge in [0.25, 0.3) is 5.91 Å². The Hall–Kier alpha value is -2.49. The summed E-state index contributed by atoms with van der Waals surface area (Å²) in [5, 5.41) is 2.77. The Morgan fingerprint density at radius 2 is 2.04 bits per heavy atom. The van der Waals surface area contributed by atoms with Crippen LogP contribution in [0.5, 0.6) is 0 Å². The van der Waals surface area contributed by atoms with Gasteiger partial charge in [0.15, 0.2) is 0 Å². The molecular formula is C16H19N5O3S. The number of hydrogen-bond donors (Lipinski definition) is 3. The van der Waals surface area contributed by atoms with Gasteiger partial charge < -0.3 is 16.2 Å². The van der Waals surface area contributed by atoms with E-state index in [4.69, 9.17) is 16.2 Å². The van der Waals surface area contributed by atoms with Crippen LogP contribution < -0.4 is 16.8 Å². The van der Waals surface area contributed by atoms with Crippen LogP contribution in [0.4, 0.5) is 9.80 Å². The molecule has 0 bridgehead atoms. The number of hydrogen-bond acceptors (Lipinski definition) is 6. The van der Waals surface area contributed by atoms with Crippen molar-refractivity contribution in [3.8, 4) is 10.4 Å². The number of rotatable bonds is 5. The number of primary amides is 2. The lowest BCUT2D eigenvalue weighted by Crippen LogP contribution is -2.35. The molecule has 0 unspecified atom stereocenters. The lowest BCUT2D eigenvalue weighted by molar-refractivity contribution is 0.0336. The van der Waals surface area contributed by atoms with Crippen molar-refractivity contribution in [2.45, 2.75) is 6.54 Å². The Bertz CT molecular complexity index is 769. The van der Waals surface area contributed by atoms with Crippen molar-refractivity contribution in [3.05, 3.63) is 35.7 Å². The third kappa shape index (κ3) is 4.32. The maximum absolute atomic E-state index is 11.5. The lowest BCUT2D eigenvalue weighted by Gasteiger charge is -2.26. The van der Waals surface area contributed by atoms with Gasteiger partial charge in [0.2, 0.25) is 0 Å². The molecule has 2 aromatic rings. The summed E-state index contributed by atoms with van der Waals surface area (Å²) < 4.78 is 5.34. The molecule has 0 aliphatic carbocycles. The first-order valence-electron chi connectivity index (χ1n) is 7.78. The van der Waals surface area contributed by atoms with E-state index in [9.17, 15) is 9.59 Å². The van der Waals surface area contributed by atoms with Gasteiger partial charge in [0.1, 0.15) is 5.00 Å². The summed E-state index contributed by atoms with van der Waals surface area (Å²) in [7, 11) is 0. The number of thiophene rings is 1. The number of nitrogens with zero attached hydrogens (tertiary/aromatic N) is 2. The Morgan fingerprint density at radius 3 is 2.64 bits per heavy atom. The molecule has 3 amide bonds. The number of aromatic nitrogens is 1. The summed E-state index contributed by atoms with van der Waals surface area (Å²) in [4.78, 5) is 30.2. The van der Waals surface area contributed by atoms with Gasteiger partial charge >= 0.3 is 6.03 Å². The number of carbonyl (C=O) groups is 2. The molecule has 0 spiro atoms. The molecule has 9 heteroatoms. The highest BCUT2D eigenvalue weighted by Crippen LogP contribution is 2.35. The molecule has 3 rings (SSSR count). The third-order valence-corrected chi connectivity index (χ3v) is 4.93. The molecule has 0 saturated carbocycles. The van der Waals surface area contributed by atoms with Crippen LogP contribution in [0, 0.1) is 0 Å². The highest BCUT2D eigenvalue weighted by molar-refractivity contribution is 7.20. The first kappa shape index (κ1) is 17.3. The van der Waals surface area contributed by atoms with Crippen LogP contribution in [0.1, 0.15) is 16.1 Å². The maximum atomic E-state index is 11.5. The van der Waals surface area contributed by atoms with Crippen molar-refractivity contribution in [1.29, 1.82) is 0 Å². The average Bonchev–Trinajstić information content (AvgIpc) is 3.00. The minimum absolute atomic E-state index is 0.233. The molecule has 3 heterocycles. The van der Waals surface area contributed by atoms with Crippen LogP contribution in [-0.4, -0.2) is 48.1 Å². The molecule has 1 aliphatic heterocycles. The molecule has 1 saturated heterocycles. The molecule has 0 aromatic carbocycles. The van der Waals surface area contributed by atoms with E-state index in [0.717, 1.165) is 49.0 Å². The summed E-state index contributed by atoms with van der Waals surface area (Å²) in [5.74, 6) is -0.622. The summed E-state index contributed by atoms with van der Waals surface area (Å²) in [6.07, 6.45) is 1.75. The van der Waals surface area contributed by atoms with Crippen molar-refractivity contribution in [3.63, 3.8) is 0 Å². The van der Waals surface area contributed by atoms with Gasteiger partial charge in [-0.2, -0.15) is 0 Å². The second kappa shape index (κ2) is 7.60. The molecule has 132 valence electrons. The van der Waals surface area contributed by atoms with Crippen LogP contribution in [0.3, 0.4) is 0 Å². The molecule has 25 heavy (non-hydrogen) atoms. The van der Waals surface area contributed by atoms with Crippen LogP contribution in [-0.2, 0) is 11.3 Å². The fourth-order valence-electron chi connectivity index (χ4n) is 2.57. The molecule has 0 atom stereocenters. The monoisotopic (exact) mass is 361 g/mol. The zero-order valence-corrected chi connectivity index (χ0v) is 14.3. The zero-order valence-electron chi connectivity index (χ0n) is 13.5. The predicted molar refractivity (Wildman–Crippen MR) is 95.4 cm³/mol. The Morgan fingerprint density at radius 1 is 1.28 bits per heavy atom. The van der Waals surface area contributed by atoms with E-state index in [1.807, 2.05) is 12.1 Å². The fourth-order valence-corrected chi connectivity index (χ4v) is 3.63. The number of nitrogens with one attached hydrogen (secondary N) is 1. The standard InChI is InChI=1S/C16H19N5O3S/c17-14(22)12-7-13(25-15(12)20-16(18)23)10-1-2-11(19-8-10)9-21-3-5-24-6-4-21/h1-2,7-8H,3-6,9H2,(H2,17,22)(H3,18,20,23). The Balaban J connectivity index is 1.77. The van der Waals surface area contributed by atoms with Gasteiger partial charge in [-0.3, -0.25) is 20.0 Å². The van der Waals surface area contributed by atoms with Crippen LogP contribution in [0.15, 0.2) is 24.4 Å². The minimum atomic E-state index is -0.741. The summed E-state index contributed by atoms with van der Waals surface area (Å²) in [5.41, 5.74) is 12.5. The number of urea groups is 1. The first-order chi connectivity index (χ1) is 12.0.